The highest BCUT2D eigenvalue weighted by molar-refractivity contribution is 7.89. The summed E-state index contributed by atoms with van der Waals surface area (Å²) in [5, 5.41) is 17.1. The average molecular weight is 321 g/mol. The topological polar surface area (TPSA) is 104 Å². The minimum atomic E-state index is -3.55. The monoisotopic (exact) mass is 321 g/mol. The van der Waals surface area contributed by atoms with E-state index in [9.17, 15) is 13.2 Å². The van der Waals surface area contributed by atoms with Crippen molar-refractivity contribution in [3.05, 3.63) is 0 Å². The van der Waals surface area contributed by atoms with E-state index in [1.165, 1.54) is 4.31 Å². The Morgan fingerprint density at radius 3 is 2.43 bits per heavy atom. The lowest BCUT2D eigenvalue weighted by Gasteiger charge is -2.33. The second kappa shape index (κ2) is 7.04. The number of hydrogen-bond donors (Lipinski definition) is 2. The molecule has 0 amide bonds. The minimum Gasteiger partial charge on any atom is -0.481 e. The van der Waals surface area contributed by atoms with E-state index in [0.29, 0.717) is 45.2 Å². The van der Waals surface area contributed by atoms with Crippen molar-refractivity contribution in [2.24, 2.45) is 5.92 Å². The molecular formula is C13H23NO6S. The van der Waals surface area contributed by atoms with Crippen LogP contribution in [-0.2, 0) is 19.6 Å². The summed E-state index contributed by atoms with van der Waals surface area (Å²) < 4.78 is 32.0. The fourth-order valence-corrected chi connectivity index (χ4v) is 5.46. The van der Waals surface area contributed by atoms with Gasteiger partial charge in [0.15, 0.2) is 0 Å². The van der Waals surface area contributed by atoms with Crippen LogP contribution in [0.1, 0.15) is 32.1 Å². The Hall–Kier alpha value is -0.700. The summed E-state index contributed by atoms with van der Waals surface area (Å²) in [6.45, 7) is 0.949. The van der Waals surface area contributed by atoms with Crippen molar-refractivity contribution in [2.75, 3.05) is 26.3 Å². The van der Waals surface area contributed by atoms with Crippen molar-refractivity contribution in [1.29, 1.82) is 0 Å². The molecule has 2 aliphatic rings. The number of carboxylic acids is 1. The SMILES string of the molecule is O=C(O)C1CCCC1S(=O)(=O)N1CCC(OCCO)CC1. The van der Waals surface area contributed by atoms with Crippen LogP contribution in [0.3, 0.4) is 0 Å². The number of aliphatic carboxylic acids is 1. The molecule has 2 atom stereocenters. The molecule has 2 unspecified atom stereocenters. The van der Waals surface area contributed by atoms with Crippen LogP contribution in [0, 0.1) is 5.92 Å². The van der Waals surface area contributed by atoms with E-state index in [-0.39, 0.29) is 19.3 Å². The minimum absolute atomic E-state index is 0.0255. The normalized spacial score (nSPS) is 28.8. The van der Waals surface area contributed by atoms with Crippen LogP contribution < -0.4 is 0 Å². The Morgan fingerprint density at radius 1 is 1.19 bits per heavy atom. The smallest absolute Gasteiger partial charge is 0.307 e. The zero-order chi connectivity index (χ0) is 15.5. The van der Waals surface area contributed by atoms with Crippen molar-refractivity contribution >= 4 is 16.0 Å². The van der Waals surface area contributed by atoms with Gasteiger partial charge in [-0.1, -0.05) is 6.42 Å². The number of carbonyl (C=O) groups is 1. The van der Waals surface area contributed by atoms with Gasteiger partial charge in [0, 0.05) is 13.1 Å². The van der Waals surface area contributed by atoms with Gasteiger partial charge in [0.2, 0.25) is 10.0 Å². The fourth-order valence-electron chi connectivity index (χ4n) is 3.23. The van der Waals surface area contributed by atoms with Crippen molar-refractivity contribution in [1.82, 2.24) is 4.31 Å². The molecule has 0 aromatic carbocycles. The molecular weight excluding hydrogens is 298 g/mol. The molecule has 1 aliphatic carbocycles. The third-order valence-corrected chi connectivity index (χ3v) is 6.77. The van der Waals surface area contributed by atoms with Crippen LogP contribution in [0.4, 0.5) is 0 Å². The van der Waals surface area contributed by atoms with Crippen molar-refractivity contribution < 1.29 is 28.2 Å². The Bertz CT molecular complexity index is 457. The molecule has 2 N–H and O–H groups in total. The Labute approximate surface area is 124 Å². The van der Waals surface area contributed by atoms with E-state index >= 15 is 0 Å². The summed E-state index contributed by atoms with van der Waals surface area (Å²) in [6, 6.07) is 0. The number of nitrogens with zero attached hydrogens (tertiary/aromatic N) is 1. The van der Waals surface area contributed by atoms with Gasteiger partial charge in [0.05, 0.1) is 30.5 Å². The van der Waals surface area contributed by atoms with Gasteiger partial charge in [-0.15, -0.1) is 0 Å². The van der Waals surface area contributed by atoms with Gasteiger partial charge in [0.1, 0.15) is 0 Å². The van der Waals surface area contributed by atoms with Crippen LogP contribution in [0.2, 0.25) is 0 Å². The highest BCUT2D eigenvalue weighted by atomic mass is 32.2. The third-order valence-electron chi connectivity index (χ3n) is 4.36. The zero-order valence-corrected chi connectivity index (χ0v) is 12.8. The first-order valence-corrected chi connectivity index (χ1v) is 8.91. The maximum Gasteiger partial charge on any atom is 0.307 e. The van der Waals surface area contributed by atoms with Gasteiger partial charge in [0.25, 0.3) is 0 Å². The molecule has 0 radical (unpaired) electrons. The summed E-state index contributed by atoms with van der Waals surface area (Å²) in [5.41, 5.74) is 0. The molecule has 0 aromatic heterocycles. The Morgan fingerprint density at radius 2 is 1.86 bits per heavy atom. The van der Waals surface area contributed by atoms with Gasteiger partial charge in [-0.25, -0.2) is 12.7 Å². The van der Waals surface area contributed by atoms with Crippen molar-refractivity contribution in [3.63, 3.8) is 0 Å². The second-order valence-corrected chi connectivity index (χ2v) is 7.80. The van der Waals surface area contributed by atoms with Gasteiger partial charge < -0.3 is 14.9 Å². The molecule has 0 bridgehead atoms. The molecule has 0 spiro atoms. The lowest BCUT2D eigenvalue weighted by Crippen LogP contribution is -2.47. The summed E-state index contributed by atoms with van der Waals surface area (Å²) in [6.07, 6.45) is 2.67. The molecule has 1 heterocycles. The number of carboxylic acid groups (broad SMARTS) is 1. The van der Waals surface area contributed by atoms with Crippen molar-refractivity contribution in [2.45, 2.75) is 43.5 Å². The van der Waals surface area contributed by atoms with E-state index < -0.39 is 27.2 Å². The fraction of sp³-hybridized carbons (Fsp3) is 0.923. The summed E-state index contributed by atoms with van der Waals surface area (Å²) >= 11 is 0. The van der Waals surface area contributed by atoms with E-state index in [0.717, 1.165) is 0 Å². The van der Waals surface area contributed by atoms with E-state index in [2.05, 4.69) is 0 Å². The highest BCUT2D eigenvalue weighted by Crippen LogP contribution is 2.34. The van der Waals surface area contributed by atoms with Gasteiger partial charge in [-0.05, 0) is 25.7 Å². The number of aliphatic hydroxyl groups is 1. The average Bonchev–Trinajstić information content (AvgIpc) is 2.96. The number of sulfonamides is 1. The first-order chi connectivity index (χ1) is 9.96. The van der Waals surface area contributed by atoms with Crippen LogP contribution in [0.5, 0.6) is 0 Å². The number of piperidine rings is 1. The third kappa shape index (κ3) is 3.74. The molecule has 1 saturated heterocycles. The lowest BCUT2D eigenvalue weighted by molar-refractivity contribution is -0.141. The number of aliphatic hydroxyl groups excluding tert-OH is 1. The molecule has 7 nitrogen and oxygen atoms in total. The standard InChI is InChI=1S/C13H23NO6S/c15-8-9-20-10-4-6-14(7-5-10)21(18,19)12-3-1-2-11(12)13(16)17/h10-12,15H,1-9H2,(H,16,17). The molecule has 1 saturated carbocycles. The van der Waals surface area contributed by atoms with Gasteiger partial charge in [-0.3, -0.25) is 4.79 Å². The van der Waals surface area contributed by atoms with Crippen LogP contribution in [-0.4, -0.2) is 66.6 Å². The quantitative estimate of drug-likeness (QED) is 0.716. The second-order valence-electron chi connectivity index (χ2n) is 5.65. The first kappa shape index (κ1) is 16.7. The van der Waals surface area contributed by atoms with Crippen LogP contribution >= 0.6 is 0 Å². The number of ether oxygens (including phenoxy) is 1. The van der Waals surface area contributed by atoms with Crippen LogP contribution in [0.25, 0.3) is 0 Å². The summed E-state index contributed by atoms with van der Waals surface area (Å²) in [4.78, 5) is 11.2. The molecule has 8 heteroatoms. The predicted molar refractivity (Wildman–Crippen MR) is 75.3 cm³/mol. The number of hydrogen-bond acceptors (Lipinski definition) is 5. The maximum absolute atomic E-state index is 12.6. The van der Waals surface area contributed by atoms with E-state index in [1.54, 1.807) is 0 Å². The van der Waals surface area contributed by atoms with Gasteiger partial charge >= 0.3 is 5.97 Å². The summed E-state index contributed by atoms with van der Waals surface area (Å²) in [5.74, 6) is -1.79. The Kier molecular flexibility index (Phi) is 5.59. The molecule has 21 heavy (non-hydrogen) atoms. The zero-order valence-electron chi connectivity index (χ0n) is 12.0. The largest absolute Gasteiger partial charge is 0.481 e. The number of rotatable bonds is 6. The first-order valence-electron chi connectivity index (χ1n) is 7.41. The van der Waals surface area contributed by atoms with Crippen molar-refractivity contribution in [3.8, 4) is 0 Å². The summed E-state index contributed by atoms with van der Waals surface area (Å²) in [7, 11) is -3.55. The maximum atomic E-state index is 12.6. The molecule has 2 fully saturated rings. The highest BCUT2D eigenvalue weighted by Gasteiger charge is 2.44. The lowest BCUT2D eigenvalue weighted by atomic mass is 10.1. The van der Waals surface area contributed by atoms with Crippen LogP contribution in [0.15, 0.2) is 0 Å². The van der Waals surface area contributed by atoms with E-state index in [1.807, 2.05) is 0 Å². The van der Waals surface area contributed by atoms with E-state index in [4.69, 9.17) is 14.9 Å². The Balaban J connectivity index is 1.96. The molecule has 122 valence electrons. The molecule has 0 aromatic rings. The van der Waals surface area contributed by atoms with Gasteiger partial charge in [-0.2, -0.15) is 0 Å². The predicted octanol–water partition coefficient (Wildman–Crippen LogP) is 0.0428. The molecule has 2 rings (SSSR count). The molecule has 1 aliphatic heterocycles.